The third kappa shape index (κ3) is 3.58. The van der Waals surface area contributed by atoms with Gasteiger partial charge in [-0.25, -0.2) is 0 Å². The van der Waals surface area contributed by atoms with Gasteiger partial charge in [0.05, 0.1) is 5.56 Å². The molecule has 0 radical (unpaired) electrons. The van der Waals surface area contributed by atoms with Crippen LogP contribution in [0.25, 0.3) is 0 Å². The molecule has 1 aromatic rings. The van der Waals surface area contributed by atoms with Crippen molar-refractivity contribution in [2.75, 3.05) is 27.2 Å². The van der Waals surface area contributed by atoms with Crippen molar-refractivity contribution in [3.63, 3.8) is 0 Å². The zero-order chi connectivity index (χ0) is 14.0. The number of halogens is 2. The molecule has 0 aliphatic carbocycles. The second-order valence-corrected chi connectivity index (χ2v) is 6.84. The second kappa shape index (κ2) is 6.37. The molecule has 19 heavy (non-hydrogen) atoms. The second-order valence-electron chi connectivity index (χ2n) is 5.07. The van der Waals surface area contributed by atoms with Gasteiger partial charge in [0.2, 0.25) is 0 Å². The fraction of sp³-hybridized carbons (Fsp3) is 0.500. The van der Waals surface area contributed by atoms with Gasteiger partial charge < -0.3 is 9.80 Å². The first-order chi connectivity index (χ1) is 8.99. The van der Waals surface area contributed by atoms with Crippen molar-refractivity contribution < 1.29 is 4.79 Å². The van der Waals surface area contributed by atoms with Crippen molar-refractivity contribution in [3.05, 3.63) is 32.7 Å². The summed E-state index contributed by atoms with van der Waals surface area (Å²) in [7, 11) is 4.04. The normalized spacial score (nSPS) is 17.5. The van der Waals surface area contributed by atoms with E-state index in [1.807, 2.05) is 30.1 Å². The third-order valence-corrected chi connectivity index (χ3v) is 4.90. The van der Waals surface area contributed by atoms with E-state index in [1.54, 1.807) is 0 Å². The van der Waals surface area contributed by atoms with E-state index in [1.165, 1.54) is 0 Å². The summed E-state index contributed by atoms with van der Waals surface area (Å²) in [5.41, 5.74) is 0.718. The molecule has 0 saturated carbocycles. The van der Waals surface area contributed by atoms with Gasteiger partial charge in [0.1, 0.15) is 0 Å². The Kier molecular flexibility index (Phi) is 5.03. The van der Waals surface area contributed by atoms with E-state index in [9.17, 15) is 4.79 Å². The lowest BCUT2D eigenvalue weighted by Crippen LogP contribution is -2.44. The number of piperidine rings is 1. The molecule has 1 aliphatic rings. The zero-order valence-corrected chi connectivity index (χ0v) is 14.4. The summed E-state index contributed by atoms with van der Waals surface area (Å²) in [5.74, 6) is 0.0859. The van der Waals surface area contributed by atoms with E-state index in [4.69, 9.17) is 0 Å². The van der Waals surface area contributed by atoms with Gasteiger partial charge in [-0.15, -0.1) is 0 Å². The average Bonchev–Trinajstić information content (AvgIpc) is 2.41. The van der Waals surface area contributed by atoms with Crippen molar-refractivity contribution in [2.24, 2.45) is 0 Å². The highest BCUT2D eigenvalue weighted by molar-refractivity contribution is 9.11. The Morgan fingerprint density at radius 1 is 1.32 bits per heavy atom. The highest BCUT2D eigenvalue weighted by Gasteiger charge is 2.25. The van der Waals surface area contributed by atoms with Gasteiger partial charge in [0, 0.05) is 22.0 Å². The van der Waals surface area contributed by atoms with E-state index in [-0.39, 0.29) is 5.91 Å². The summed E-state index contributed by atoms with van der Waals surface area (Å²) in [6.07, 6.45) is 2.09. The maximum atomic E-state index is 12.6. The van der Waals surface area contributed by atoms with Gasteiger partial charge in [-0.05, 0) is 67.1 Å². The van der Waals surface area contributed by atoms with Crippen LogP contribution in [0.5, 0.6) is 0 Å². The molecule has 0 aromatic heterocycles. The van der Waals surface area contributed by atoms with Crippen LogP contribution in [0.2, 0.25) is 0 Å². The topological polar surface area (TPSA) is 23.6 Å². The highest BCUT2D eigenvalue weighted by Crippen LogP contribution is 2.24. The number of hydrogen-bond acceptors (Lipinski definition) is 2. The summed E-state index contributed by atoms with van der Waals surface area (Å²) < 4.78 is 1.77. The van der Waals surface area contributed by atoms with Gasteiger partial charge in [-0.3, -0.25) is 4.79 Å². The first-order valence-corrected chi connectivity index (χ1v) is 7.98. The smallest absolute Gasteiger partial charge is 0.255 e. The number of rotatable bonds is 2. The monoisotopic (exact) mass is 388 g/mol. The lowest BCUT2D eigenvalue weighted by Gasteiger charge is -2.35. The van der Waals surface area contributed by atoms with Crippen molar-refractivity contribution >= 4 is 37.8 Å². The van der Waals surface area contributed by atoms with Crippen molar-refractivity contribution in [1.29, 1.82) is 0 Å². The van der Waals surface area contributed by atoms with E-state index in [0.29, 0.717) is 6.04 Å². The van der Waals surface area contributed by atoms with E-state index in [2.05, 4.69) is 43.8 Å². The van der Waals surface area contributed by atoms with Crippen molar-refractivity contribution in [3.8, 4) is 0 Å². The third-order valence-electron chi connectivity index (χ3n) is 3.71. The number of likely N-dealkylation sites (tertiary alicyclic amines) is 1. The maximum absolute atomic E-state index is 12.6. The summed E-state index contributed by atoms with van der Waals surface area (Å²) in [6, 6.07) is 6.04. The van der Waals surface area contributed by atoms with Crippen LogP contribution < -0.4 is 0 Å². The molecule has 0 bridgehead atoms. The standard InChI is InChI=1S/C14H18Br2N2O/c1-17-7-5-11(6-8-17)18(2)14(19)12-9-10(15)3-4-13(12)16/h3-4,9,11H,5-8H2,1-2H3. The first kappa shape index (κ1) is 15.0. The molecular formula is C14H18Br2N2O. The van der Waals surface area contributed by atoms with Gasteiger partial charge >= 0.3 is 0 Å². The molecule has 0 atom stereocenters. The van der Waals surface area contributed by atoms with Crippen LogP contribution in [0.15, 0.2) is 27.1 Å². The van der Waals surface area contributed by atoms with E-state index >= 15 is 0 Å². The lowest BCUT2D eigenvalue weighted by atomic mass is 10.0. The van der Waals surface area contributed by atoms with Gasteiger partial charge in [0.25, 0.3) is 5.91 Å². The molecule has 104 valence electrons. The van der Waals surface area contributed by atoms with Gasteiger partial charge in [0.15, 0.2) is 0 Å². The molecule has 1 saturated heterocycles. The molecule has 1 amide bonds. The molecule has 0 N–H and O–H groups in total. The summed E-state index contributed by atoms with van der Waals surface area (Å²) in [6.45, 7) is 2.11. The minimum Gasteiger partial charge on any atom is -0.339 e. The Hall–Kier alpha value is -0.390. The molecule has 1 heterocycles. The SMILES string of the molecule is CN1CCC(N(C)C(=O)c2cc(Br)ccc2Br)CC1. The van der Waals surface area contributed by atoms with E-state index < -0.39 is 0 Å². The number of benzene rings is 1. The summed E-state index contributed by atoms with van der Waals surface area (Å²) in [5, 5.41) is 0. The Balaban J connectivity index is 2.12. The predicted molar refractivity (Wildman–Crippen MR) is 84.5 cm³/mol. The molecule has 1 aromatic carbocycles. The molecule has 3 nitrogen and oxygen atoms in total. The zero-order valence-electron chi connectivity index (χ0n) is 11.2. The largest absolute Gasteiger partial charge is 0.339 e. The number of carbonyl (C=O) groups excluding carboxylic acids is 1. The summed E-state index contributed by atoms with van der Waals surface area (Å²) >= 11 is 6.88. The Bertz CT molecular complexity index is 471. The first-order valence-electron chi connectivity index (χ1n) is 6.40. The minimum absolute atomic E-state index is 0.0859. The molecule has 1 fully saturated rings. The quantitative estimate of drug-likeness (QED) is 0.774. The van der Waals surface area contributed by atoms with Crippen LogP contribution in [-0.4, -0.2) is 48.9 Å². The van der Waals surface area contributed by atoms with Crippen molar-refractivity contribution in [1.82, 2.24) is 9.80 Å². The number of nitrogens with zero attached hydrogens (tertiary/aromatic N) is 2. The molecule has 0 spiro atoms. The molecule has 0 unspecified atom stereocenters. The van der Waals surface area contributed by atoms with Crippen LogP contribution >= 0.6 is 31.9 Å². The van der Waals surface area contributed by atoms with Crippen LogP contribution in [0.4, 0.5) is 0 Å². The highest BCUT2D eigenvalue weighted by atomic mass is 79.9. The molecule has 2 rings (SSSR count). The van der Waals surface area contributed by atoms with Gasteiger partial charge in [-0.2, -0.15) is 0 Å². The summed E-state index contributed by atoms with van der Waals surface area (Å²) in [4.78, 5) is 16.8. The fourth-order valence-corrected chi connectivity index (χ4v) is 3.18. The van der Waals surface area contributed by atoms with E-state index in [0.717, 1.165) is 40.4 Å². The molecule has 1 aliphatic heterocycles. The lowest BCUT2D eigenvalue weighted by molar-refractivity contribution is 0.0658. The number of amides is 1. The van der Waals surface area contributed by atoms with Crippen LogP contribution in [0, 0.1) is 0 Å². The fourth-order valence-electron chi connectivity index (χ4n) is 2.40. The maximum Gasteiger partial charge on any atom is 0.255 e. The van der Waals surface area contributed by atoms with Gasteiger partial charge in [-0.1, -0.05) is 15.9 Å². The van der Waals surface area contributed by atoms with Crippen LogP contribution in [-0.2, 0) is 0 Å². The number of carbonyl (C=O) groups is 1. The van der Waals surface area contributed by atoms with Crippen molar-refractivity contribution in [2.45, 2.75) is 18.9 Å². The average molecular weight is 390 g/mol. The van der Waals surface area contributed by atoms with Crippen LogP contribution in [0.3, 0.4) is 0 Å². The molecule has 5 heteroatoms. The number of hydrogen-bond donors (Lipinski definition) is 0. The predicted octanol–water partition coefficient (Wildman–Crippen LogP) is 3.38. The minimum atomic E-state index is 0.0859. The Morgan fingerprint density at radius 2 is 1.95 bits per heavy atom. The molecular weight excluding hydrogens is 372 g/mol. The Labute approximate surface area is 131 Å². The van der Waals surface area contributed by atoms with Crippen LogP contribution in [0.1, 0.15) is 23.2 Å². The Morgan fingerprint density at radius 3 is 2.58 bits per heavy atom.